The molecule has 0 radical (unpaired) electrons. The second-order valence-electron chi connectivity index (χ2n) is 4.86. The van der Waals surface area contributed by atoms with Gasteiger partial charge in [0.1, 0.15) is 0 Å². The fourth-order valence-electron chi connectivity index (χ4n) is 2.23. The Hall–Kier alpha value is -1.22. The molecule has 0 atom stereocenters. The molecule has 1 aromatic rings. The Morgan fingerprint density at radius 1 is 1.38 bits per heavy atom. The Balaban J connectivity index is 1.96. The first-order valence-corrected chi connectivity index (χ1v) is 5.91. The molecule has 0 heterocycles. The van der Waals surface area contributed by atoms with Gasteiger partial charge in [0.15, 0.2) is 0 Å². The lowest BCUT2D eigenvalue weighted by Gasteiger charge is -2.23. The van der Waals surface area contributed by atoms with Gasteiger partial charge < -0.3 is 16.2 Å². The summed E-state index contributed by atoms with van der Waals surface area (Å²) in [6, 6.07) is 5.92. The first kappa shape index (κ1) is 11.3. The topological polar surface area (TPSA) is 58.3 Å². The van der Waals surface area contributed by atoms with Gasteiger partial charge in [-0.1, -0.05) is 18.9 Å². The molecule has 1 fully saturated rings. The lowest BCUT2D eigenvalue weighted by atomic mass is 10.0. The number of benzene rings is 1. The number of hydrogen-bond acceptors (Lipinski definition) is 3. The van der Waals surface area contributed by atoms with Crippen molar-refractivity contribution in [3.63, 3.8) is 0 Å². The Kier molecular flexibility index (Phi) is 3.06. The van der Waals surface area contributed by atoms with Crippen molar-refractivity contribution in [3.05, 3.63) is 23.8 Å². The Labute approximate surface area is 96.7 Å². The maximum Gasteiger partial charge on any atom is 0.0819 e. The van der Waals surface area contributed by atoms with Gasteiger partial charge in [-0.2, -0.15) is 0 Å². The van der Waals surface area contributed by atoms with Gasteiger partial charge in [-0.15, -0.1) is 0 Å². The summed E-state index contributed by atoms with van der Waals surface area (Å²) in [5, 5.41) is 13.4. The van der Waals surface area contributed by atoms with Crippen LogP contribution in [0.3, 0.4) is 0 Å². The van der Waals surface area contributed by atoms with Crippen LogP contribution in [0.15, 0.2) is 18.2 Å². The number of nitrogen functional groups attached to an aromatic ring is 1. The predicted molar refractivity (Wildman–Crippen MR) is 67.5 cm³/mol. The summed E-state index contributed by atoms with van der Waals surface area (Å²) in [5.74, 6) is 0. The van der Waals surface area contributed by atoms with Crippen LogP contribution in [0, 0.1) is 6.92 Å². The van der Waals surface area contributed by atoms with Crippen molar-refractivity contribution in [2.75, 3.05) is 17.6 Å². The zero-order chi connectivity index (χ0) is 11.6. The molecule has 0 aliphatic heterocycles. The smallest absolute Gasteiger partial charge is 0.0819 e. The molecule has 1 aliphatic rings. The van der Waals surface area contributed by atoms with E-state index in [0.29, 0.717) is 6.54 Å². The third kappa shape index (κ3) is 2.47. The van der Waals surface area contributed by atoms with Crippen LogP contribution in [0.5, 0.6) is 0 Å². The number of aliphatic hydroxyl groups is 1. The van der Waals surface area contributed by atoms with E-state index in [1.165, 1.54) is 0 Å². The van der Waals surface area contributed by atoms with Gasteiger partial charge in [-0.3, -0.25) is 0 Å². The highest BCUT2D eigenvalue weighted by atomic mass is 16.3. The Morgan fingerprint density at radius 2 is 2.06 bits per heavy atom. The minimum atomic E-state index is -0.514. The molecule has 0 saturated heterocycles. The predicted octanol–water partition coefficient (Wildman–Crippen LogP) is 2.29. The van der Waals surface area contributed by atoms with Crippen LogP contribution < -0.4 is 11.1 Å². The van der Waals surface area contributed by atoms with Crippen molar-refractivity contribution in [2.45, 2.75) is 38.2 Å². The fraction of sp³-hybridized carbons (Fsp3) is 0.538. The molecule has 2 rings (SSSR count). The lowest BCUT2D eigenvalue weighted by molar-refractivity contribution is 0.0615. The number of nitrogens with one attached hydrogen (secondary N) is 1. The number of nitrogens with two attached hydrogens (primary N) is 1. The third-order valence-corrected chi connectivity index (χ3v) is 3.44. The average Bonchev–Trinajstić information content (AvgIpc) is 2.68. The lowest BCUT2D eigenvalue weighted by Crippen LogP contribution is -2.33. The highest BCUT2D eigenvalue weighted by Gasteiger charge is 2.30. The van der Waals surface area contributed by atoms with Gasteiger partial charge in [-0.25, -0.2) is 0 Å². The third-order valence-electron chi connectivity index (χ3n) is 3.44. The Morgan fingerprint density at radius 3 is 2.69 bits per heavy atom. The SMILES string of the molecule is Cc1ccc(NCC2(O)CCCC2)cc1N. The van der Waals surface area contributed by atoms with Gasteiger partial charge in [0, 0.05) is 17.9 Å². The van der Waals surface area contributed by atoms with E-state index in [1.807, 2.05) is 25.1 Å². The Bertz CT molecular complexity index is 370. The number of hydrogen-bond donors (Lipinski definition) is 3. The molecule has 3 heteroatoms. The second kappa shape index (κ2) is 4.34. The summed E-state index contributed by atoms with van der Waals surface area (Å²) in [6.07, 6.45) is 4.07. The van der Waals surface area contributed by atoms with Crippen molar-refractivity contribution >= 4 is 11.4 Å². The summed E-state index contributed by atoms with van der Waals surface area (Å²) < 4.78 is 0. The largest absolute Gasteiger partial charge is 0.398 e. The van der Waals surface area contributed by atoms with Crippen molar-refractivity contribution in [1.82, 2.24) is 0 Å². The second-order valence-corrected chi connectivity index (χ2v) is 4.86. The molecule has 3 nitrogen and oxygen atoms in total. The number of anilines is 2. The zero-order valence-electron chi connectivity index (χ0n) is 9.79. The fourth-order valence-corrected chi connectivity index (χ4v) is 2.23. The molecule has 88 valence electrons. The quantitative estimate of drug-likeness (QED) is 0.685. The van der Waals surface area contributed by atoms with Crippen LogP contribution in [0.4, 0.5) is 11.4 Å². The van der Waals surface area contributed by atoms with Gasteiger partial charge in [0.2, 0.25) is 0 Å². The molecule has 0 spiro atoms. The van der Waals surface area contributed by atoms with Crippen LogP contribution in [0.1, 0.15) is 31.2 Å². The molecular formula is C13H20N2O. The zero-order valence-corrected chi connectivity index (χ0v) is 9.79. The molecule has 1 aliphatic carbocycles. The minimum absolute atomic E-state index is 0.514. The monoisotopic (exact) mass is 220 g/mol. The standard InChI is InChI=1S/C13H20N2O/c1-10-4-5-11(8-12(10)14)15-9-13(16)6-2-3-7-13/h4-5,8,15-16H,2-3,6-7,9,14H2,1H3. The maximum atomic E-state index is 10.2. The average molecular weight is 220 g/mol. The van der Waals surface area contributed by atoms with E-state index in [1.54, 1.807) is 0 Å². The van der Waals surface area contributed by atoms with Crippen molar-refractivity contribution in [1.29, 1.82) is 0 Å². The van der Waals surface area contributed by atoms with E-state index in [4.69, 9.17) is 5.73 Å². The summed E-state index contributed by atoms with van der Waals surface area (Å²) in [5.41, 5.74) is 8.19. The summed E-state index contributed by atoms with van der Waals surface area (Å²) in [4.78, 5) is 0. The van der Waals surface area contributed by atoms with Crippen molar-refractivity contribution < 1.29 is 5.11 Å². The number of aryl methyl sites for hydroxylation is 1. The van der Waals surface area contributed by atoms with Crippen LogP contribution in [0.25, 0.3) is 0 Å². The van der Waals surface area contributed by atoms with E-state index in [-0.39, 0.29) is 0 Å². The molecule has 0 unspecified atom stereocenters. The van der Waals surface area contributed by atoms with E-state index in [0.717, 1.165) is 42.6 Å². The van der Waals surface area contributed by atoms with Crippen LogP contribution in [0.2, 0.25) is 0 Å². The van der Waals surface area contributed by atoms with Crippen LogP contribution >= 0.6 is 0 Å². The van der Waals surface area contributed by atoms with E-state index >= 15 is 0 Å². The van der Waals surface area contributed by atoms with Gasteiger partial charge in [0.05, 0.1) is 5.60 Å². The summed E-state index contributed by atoms with van der Waals surface area (Å²) in [7, 11) is 0. The highest BCUT2D eigenvalue weighted by Crippen LogP contribution is 2.29. The van der Waals surface area contributed by atoms with Crippen LogP contribution in [-0.4, -0.2) is 17.3 Å². The summed E-state index contributed by atoms with van der Waals surface area (Å²) in [6.45, 7) is 2.61. The number of rotatable bonds is 3. The van der Waals surface area contributed by atoms with Crippen LogP contribution in [-0.2, 0) is 0 Å². The first-order chi connectivity index (χ1) is 7.59. The molecule has 0 bridgehead atoms. The van der Waals surface area contributed by atoms with E-state index in [9.17, 15) is 5.11 Å². The first-order valence-electron chi connectivity index (χ1n) is 5.91. The van der Waals surface area contributed by atoms with Crippen molar-refractivity contribution in [2.24, 2.45) is 0 Å². The minimum Gasteiger partial charge on any atom is -0.398 e. The van der Waals surface area contributed by atoms with Gasteiger partial charge in [0.25, 0.3) is 0 Å². The molecule has 16 heavy (non-hydrogen) atoms. The molecular weight excluding hydrogens is 200 g/mol. The summed E-state index contributed by atoms with van der Waals surface area (Å²) >= 11 is 0. The molecule has 1 saturated carbocycles. The van der Waals surface area contributed by atoms with Crippen molar-refractivity contribution in [3.8, 4) is 0 Å². The van der Waals surface area contributed by atoms with Gasteiger partial charge in [-0.05, 0) is 37.5 Å². The van der Waals surface area contributed by atoms with E-state index < -0.39 is 5.60 Å². The molecule has 1 aromatic carbocycles. The van der Waals surface area contributed by atoms with Gasteiger partial charge >= 0.3 is 0 Å². The normalized spacial score (nSPS) is 18.6. The maximum absolute atomic E-state index is 10.2. The van der Waals surface area contributed by atoms with E-state index in [2.05, 4.69) is 5.32 Å². The molecule has 4 N–H and O–H groups in total. The molecule has 0 amide bonds. The highest BCUT2D eigenvalue weighted by molar-refractivity contribution is 5.58. The molecule has 0 aromatic heterocycles.